The van der Waals surface area contributed by atoms with Crippen LogP contribution in [0.3, 0.4) is 0 Å². The van der Waals surface area contributed by atoms with Gasteiger partial charge in [0.2, 0.25) is 0 Å². The van der Waals surface area contributed by atoms with Crippen LogP contribution in [-0.2, 0) is 11.3 Å². The molecule has 0 aliphatic carbocycles. The molecule has 25 heavy (non-hydrogen) atoms. The highest BCUT2D eigenvalue weighted by Gasteiger charge is 2.28. The van der Waals surface area contributed by atoms with Gasteiger partial charge in [0, 0.05) is 29.5 Å². The van der Waals surface area contributed by atoms with Crippen LogP contribution < -0.4 is 11.1 Å². The molecule has 3 N–H and O–H groups in total. The summed E-state index contributed by atoms with van der Waals surface area (Å²) in [5, 5.41) is 3.89. The van der Waals surface area contributed by atoms with E-state index in [2.05, 4.69) is 17.2 Å². The first-order chi connectivity index (χ1) is 12.1. The van der Waals surface area contributed by atoms with E-state index in [-0.39, 0.29) is 12.0 Å². The van der Waals surface area contributed by atoms with Crippen molar-refractivity contribution in [1.29, 1.82) is 0 Å². The average molecular weight is 378 g/mol. The second-order valence-corrected chi connectivity index (χ2v) is 7.77. The molecule has 3 aromatic rings. The summed E-state index contributed by atoms with van der Waals surface area (Å²) in [6.07, 6.45) is 2.56. The SMILES string of the molecule is Cc1c([C@H]2COCC[C@@H]2N)sc2c(NCc3ccco3)cc(Cl)nc12. The zero-order valence-electron chi connectivity index (χ0n) is 13.9. The van der Waals surface area contributed by atoms with Gasteiger partial charge in [-0.05, 0) is 31.0 Å². The Morgan fingerprint density at radius 1 is 1.48 bits per heavy atom. The fourth-order valence-electron chi connectivity index (χ4n) is 3.27. The molecule has 5 nitrogen and oxygen atoms in total. The normalized spacial score (nSPS) is 20.9. The number of nitrogens with zero attached hydrogens (tertiary/aromatic N) is 1. The number of aromatic nitrogens is 1. The third-order valence-corrected chi connectivity index (χ3v) is 6.30. The van der Waals surface area contributed by atoms with Gasteiger partial charge < -0.3 is 20.2 Å². The van der Waals surface area contributed by atoms with Crippen LogP contribution in [0.1, 0.15) is 28.5 Å². The number of hydrogen-bond donors (Lipinski definition) is 2. The number of anilines is 1. The second kappa shape index (κ2) is 6.96. The Morgan fingerprint density at radius 3 is 3.12 bits per heavy atom. The second-order valence-electron chi connectivity index (χ2n) is 6.33. The van der Waals surface area contributed by atoms with E-state index in [0.717, 1.165) is 40.3 Å². The summed E-state index contributed by atoms with van der Waals surface area (Å²) in [4.78, 5) is 5.80. The van der Waals surface area contributed by atoms with Crippen molar-refractivity contribution in [3.05, 3.63) is 45.8 Å². The highest BCUT2D eigenvalue weighted by Crippen LogP contribution is 2.41. The van der Waals surface area contributed by atoms with Crippen molar-refractivity contribution < 1.29 is 9.15 Å². The molecule has 4 heterocycles. The van der Waals surface area contributed by atoms with E-state index in [1.54, 1.807) is 17.6 Å². The number of rotatable bonds is 4. The highest BCUT2D eigenvalue weighted by molar-refractivity contribution is 7.20. The minimum atomic E-state index is 0.121. The van der Waals surface area contributed by atoms with Crippen LogP contribution in [0.15, 0.2) is 28.9 Å². The van der Waals surface area contributed by atoms with Crippen LogP contribution >= 0.6 is 22.9 Å². The molecule has 1 saturated heterocycles. The van der Waals surface area contributed by atoms with Crippen LogP contribution in [0.5, 0.6) is 0 Å². The van der Waals surface area contributed by atoms with E-state index >= 15 is 0 Å². The van der Waals surface area contributed by atoms with E-state index < -0.39 is 0 Å². The molecule has 1 fully saturated rings. The fraction of sp³-hybridized carbons (Fsp3) is 0.389. The van der Waals surface area contributed by atoms with Crippen LogP contribution in [0.4, 0.5) is 5.69 Å². The molecule has 0 spiro atoms. The van der Waals surface area contributed by atoms with Crippen molar-refractivity contribution in [1.82, 2.24) is 4.98 Å². The van der Waals surface area contributed by atoms with Gasteiger partial charge in [0.1, 0.15) is 10.9 Å². The number of aryl methyl sites for hydroxylation is 1. The molecule has 3 aromatic heterocycles. The Morgan fingerprint density at radius 2 is 2.36 bits per heavy atom. The lowest BCUT2D eigenvalue weighted by Crippen LogP contribution is -2.36. The average Bonchev–Trinajstić information content (AvgIpc) is 3.22. The van der Waals surface area contributed by atoms with E-state index in [0.29, 0.717) is 18.3 Å². The number of ether oxygens (including phenoxy) is 1. The lowest BCUT2D eigenvalue weighted by Gasteiger charge is -2.28. The van der Waals surface area contributed by atoms with E-state index in [1.807, 2.05) is 18.2 Å². The number of nitrogens with two attached hydrogens (primary N) is 1. The zero-order chi connectivity index (χ0) is 17.4. The summed E-state index contributed by atoms with van der Waals surface area (Å²) in [6.45, 7) is 4.09. The number of pyridine rings is 1. The first kappa shape index (κ1) is 16.8. The summed E-state index contributed by atoms with van der Waals surface area (Å²) in [5.74, 6) is 1.09. The van der Waals surface area contributed by atoms with Crippen molar-refractivity contribution in [3.63, 3.8) is 0 Å². The monoisotopic (exact) mass is 377 g/mol. The number of furan rings is 1. The van der Waals surface area contributed by atoms with Gasteiger partial charge in [0.05, 0.1) is 35.3 Å². The Balaban J connectivity index is 1.72. The molecular weight excluding hydrogens is 358 g/mol. The first-order valence-corrected chi connectivity index (χ1v) is 9.52. The molecular formula is C18H20ClN3O2S. The van der Waals surface area contributed by atoms with E-state index in [9.17, 15) is 0 Å². The summed E-state index contributed by atoms with van der Waals surface area (Å²) < 4.78 is 12.2. The highest BCUT2D eigenvalue weighted by atomic mass is 35.5. The van der Waals surface area contributed by atoms with Crippen LogP contribution in [0.2, 0.25) is 5.15 Å². The van der Waals surface area contributed by atoms with E-state index in [4.69, 9.17) is 26.5 Å². The van der Waals surface area contributed by atoms with E-state index in [1.165, 1.54) is 4.88 Å². The third kappa shape index (κ3) is 3.27. The molecule has 0 unspecified atom stereocenters. The summed E-state index contributed by atoms with van der Waals surface area (Å²) in [5.41, 5.74) is 9.40. The molecule has 1 aliphatic rings. The van der Waals surface area contributed by atoms with Gasteiger partial charge in [-0.25, -0.2) is 4.98 Å². The Labute approximate surface area is 155 Å². The maximum absolute atomic E-state index is 6.34. The largest absolute Gasteiger partial charge is 0.467 e. The predicted octanol–water partition coefficient (Wildman–Crippen LogP) is 4.29. The van der Waals surface area contributed by atoms with Gasteiger partial charge >= 0.3 is 0 Å². The zero-order valence-corrected chi connectivity index (χ0v) is 15.5. The van der Waals surface area contributed by atoms with Crippen molar-refractivity contribution in [2.45, 2.75) is 31.8 Å². The summed E-state index contributed by atoms with van der Waals surface area (Å²) in [7, 11) is 0. The maximum atomic E-state index is 6.34. The number of thiophene rings is 1. The molecule has 7 heteroatoms. The minimum absolute atomic E-state index is 0.121. The lowest BCUT2D eigenvalue weighted by molar-refractivity contribution is 0.0700. The molecule has 1 aliphatic heterocycles. The molecule has 0 radical (unpaired) electrons. The summed E-state index contributed by atoms with van der Waals surface area (Å²) >= 11 is 7.99. The Hall–Kier alpha value is -1.60. The topological polar surface area (TPSA) is 73.3 Å². The smallest absolute Gasteiger partial charge is 0.131 e. The van der Waals surface area contributed by atoms with Gasteiger partial charge in [0.25, 0.3) is 0 Å². The molecule has 2 atom stereocenters. The van der Waals surface area contributed by atoms with Crippen LogP contribution in [0, 0.1) is 6.92 Å². The lowest BCUT2D eigenvalue weighted by atomic mass is 9.93. The van der Waals surface area contributed by atoms with Gasteiger partial charge in [-0.1, -0.05) is 11.6 Å². The van der Waals surface area contributed by atoms with Gasteiger partial charge in [-0.2, -0.15) is 0 Å². The van der Waals surface area contributed by atoms with Gasteiger partial charge in [-0.3, -0.25) is 0 Å². The quantitative estimate of drug-likeness (QED) is 0.663. The van der Waals surface area contributed by atoms with Crippen molar-refractivity contribution in [3.8, 4) is 0 Å². The third-order valence-electron chi connectivity index (χ3n) is 4.66. The molecule has 0 bridgehead atoms. The van der Waals surface area contributed by atoms with Gasteiger partial charge in [0.15, 0.2) is 0 Å². The van der Waals surface area contributed by atoms with Crippen LogP contribution in [-0.4, -0.2) is 24.2 Å². The molecule has 0 amide bonds. The Kier molecular flexibility index (Phi) is 4.69. The molecule has 132 valence electrons. The number of fused-ring (bicyclic) bond motifs is 1. The standard InChI is InChI=1S/C18H20ClN3O2S/c1-10-16-18(25-17(10)12-9-23-6-4-13(12)20)14(7-15(19)22-16)21-8-11-3-2-5-24-11/h2-3,5,7,12-13H,4,6,8-9,20H2,1H3,(H,21,22)/t12-,13-/m0/s1. The van der Waals surface area contributed by atoms with Gasteiger partial charge in [-0.15, -0.1) is 11.3 Å². The predicted molar refractivity (Wildman–Crippen MR) is 102 cm³/mol. The molecule has 0 saturated carbocycles. The summed E-state index contributed by atoms with van der Waals surface area (Å²) in [6, 6.07) is 5.81. The number of hydrogen-bond acceptors (Lipinski definition) is 6. The Bertz CT molecular complexity index is 878. The van der Waals surface area contributed by atoms with Crippen molar-refractivity contribution in [2.75, 3.05) is 18.5 Å². The molecule has 0 aromatic carbocycles. The first-order valence-electron chi connectivity index (χ1n) is 8.32. The van der Waals surface area contributed by atoms with Crippen molar-refractivity contribution in [2.24, 2.45) is 5.73 Å². The number of nitrogens with one attached hydrogen (secondary N) is 1. The van der Waals surface area contributed by atoms with Crippen molar-refractivity contribution >= 4 is 38.8 Å². The minimum Gasteiger partial charge on any atom is -0.467 e. The van der Waals surface area contributed by atoms with Crippen LogP contribution in [0.25, 0.3) is 10.2 Å². The fourth-order valence-corrected chi connectivity index (χ4v) is 4.86. The maximum Gasteiger partial charge on any atom is 0.131 e. The number of halogens is 1. The molecule has 4 rings (SSSR count).